The van der Waals surface area contributed by atoms with Gasteiger partial charge in [0.25, 0.3) is 5.91 Å². The first-order valence-corrected chi connectivity index (χ1v) is 9.30. The van der Waals surface area contributed by atoms with Crippen LogP contribution in [0, 0.1) is 0 Å². The van der Waals surface area contributed by atoms with E-state index in [0.29, 0.717) is 16.9 Å². The number of allylic oxidation sites excluding steroid dienone is 1. The van der Waals surface area contributed by atoms with Gasteiger partial charge in [0.2, 0.25) is 4.80 Å². The predicted octanol–water partition coefficient (Wildman–Crippen LogP) is 4.41. The van der Waals surface area contributed by atoms with E-state index in [0.717, 1.165) is 15.7 Å². The van der Waals surface area contributed by atoms with Crippen LogP contribution in [0.25, 0.3) is 11.3 Å². The molecule has 0 aliphatic carbocycles. The van der Waals surface area contributed by atoms with Crippen molar-refractivity contribution in [2.24, 2.45) is 5.10 Å². The molecule has 3 rings (SSSR count). The van der Waals surface area contributed by atoms with Crippen molar-refractivity contribution in [3.8, 4) is 11.3 Å². The van der Waals surface area contributed by atoms with Gasteiger partial charge < -0.3 is 4.57 Å². The SMILES string of the molecule is C=CCn1c(-c2ccc(Br)cc2)csc1=NNC(=O)c1ccccc1. The van der Waals surface area contributed by atoms with Crippen molar-refractivity contribution in [1.82, 2.24) is 9.99 Å². The lowest BCUT2D eigenvalue weighted by molar-refractivity contribution is 0.0953. The van der Waals surface area contributed by atoms with Crippen molar-refractivity contribution in [2.45, 2.75) is 6.54 Å². The third-order valence-corrected chi connectivity index (χ3v) is 4.93. The van der Waals surface area contributed by atoms with Crippen LogP contribution < -0.4 is 10.2 Å². The van der Waals surface area contributed by atoms with Gasteiger partial charge in [-0.05, 0) is 29.8 Å². The molecular formula is C19H16BrN3OS. The van der Waals surface area contributed by atoms with Crippen LogP contribution >= 0.6 is 27.3 Å². The van der Waals surface area contributed by atoms with Gasteiger partial charge in [0, 0.05) is 22.0 Å². The summed E-state index contributed by atoms with van der Waals surface area (Å²) in [5.41, 5.74) is 5.31. The Bertz CT molecular complexity index is 943. The molecule has 25 heavy (non-hydrogen) atoms. The van der Waals surface area contributed by atoms with E-state index in [-0.39, 0.29) is 5.91 Å². The summed E-state index contributed by atoms with van der Waals surface area (Å²) in [5, 5.41) is 6.32. The molecule has 0 unspecified atom stereocenters. The number of halogens is 1. The van der Waals surface area contributed by atoms with Gasteiger partial charge in [-0.2, -0.15) is 0 Å². The largest absolute Gasteiger partial charge is 0.311 e. The molecule has 1 N–H and O–H groups in total. The summed E-state index contributed by atoms with van der Waals surface area (Å²) >= 11 is 4.92. The number of thiazole rings is 1. The molecule has 0 bridgehead atoms. The van der Waals surface area contributed by atoms with Crippen molar-refractivity contribution in [1.29, 1.82) is 0 Å². The van der Waals surface area contributed by atoms with Crippen LogP contribution in [0.15, 0.2) is 82.2 Å². The standard InChI is InChI=1S/C19H16BrN3OS/c1-2-12-23-17(14-8-10-16(20)11-9-14)13-25-19(23)22-21-18(24)15-6-4-3-5-7-15/h2-11,13H,1,12H2,(H,21,24). The average Bonchev–Trinajstić information content (AvgIpc) is 3.04. The Labute approximate surface area is 158 Å². The third kappa shape index (κ3) is 4.15. The number of carbonyl (C=O) groups is 1. The van der Waals surface area contributed by atoms with Gasteiger partial charge in [-0.3, -0.25) is 4.79 Å². The molecule has 0 spiro atoms. The van der Waals surface area contributed by atoms with Gasteiger partial charge >= 0.3 is 0 Å². The van der Waals surface area contributed by atoms with E-state index in [9.17, 15) is 4.79 Å². The summed E-state index contributed by atoms with van der Waals surface area (Å²) in [4.78, 5) is 12.9. The molecule has 126 valence electrons. The minimum atomic E-state index is -0.232. The molecular weight excluding hydrogens is 398 g/mol. The maximum absolute atomic E-state index is 12.2. The fraction of sp³-hybridized carbons (Fsp3) is 0.0526. The molecule has 6 heteroatoms. The van der Waals surface area contributed by atoms with E-state index in [1.165, 1.54) is 11.3 Å². The summed E-state index contributed by atoms with van der Waals surface area (Å²) in [6.45, 7) is 4.42. The lowest BCUT2D eigenvalue weighted by atomic mass is 10.2. The Balaban J connectivity index is 1.92. The van der Waals surface area contributed by atoms with Crippen LogP contribution in [0.1, 0.15) is 10.4 Å². The Hall–Kier alpha value is -2.44. The van der Waals surface area contributed by atoms with Crippen molar-refractivity contribution in [2.75, 3.05) is 0 Å². The van der Waals surface area contributed by atoms with Crippen LogP contribution in [0.2, 0.25) is 0 Å². The summed E-state index contributed by atoms with van der Waals surface area (Å²) in [5.74, 6) is -0.232. The van der Waals surface area contributed by atoms with Gasteiger partial charge in [0.05, 0.1) is 5.69 Å². The first kappa shape index (κ1) is 17.4. The molecule has 0 atom stereocenters. The second kappa shape index (κ2) is 8.09. The number of amides is 1. The quantitative estimate of drug-likeness (QED) is 0.488. The Kier molecular flexibility index (Phi) is 5.63. The van der Waals surface area contributed by atoms with Crippen molar-refractivity contribution in [3.05, 3.63) is 87.5 Å². The van der Waals surface area contributed by atoms with Crippen LogP contribution in [0.3, 0.4) is 0 Å². The highest BCUT2D eigenvalue weighted by Crippen LogP contribution is 2.22. The summed E-state index contributed by atoms with van der Waals surface area (Å²) < 4.78 is 3.05. The molecule has 4 nitrogen and oxygen atoms in total. The third-order valence-electron chi connectivity index (χ3n) is 3.54. The number of hydrogen-bond donors (Lipinski definition) is 1. The molecule has 0 saturated carbocycles. The first-order chi connectivity index (χ1) is 12.2. The molecule has 0 saturated heterocycles. The Morgan fingerprint density at radius 1 is 1.20 bits per heavy atom. The molecule has 0 aliphatic rings. The monoisotopic (exact) mass is 413 g/mol. The fourth-order valence-corrected chi connectivity index (χ4v) is 3.47. The summed E-state index contributed by atoms with van der Waals surface area (Å²) in [6, 6.07) is 17.1. The number of hydrogen-bond acceptors (Lipinski definition) is 3. The molecule has 1 amide bonds. The maximum Gasteiger partial charge on any atom is 0.271 e. The maximum atomic E-state index is 12.2. The normalized spacial score (nSPS) is 11.3. The number of rotatable bonds is 5. The van der Waals surface area contributed by atoms with Gasteiger partial charge in [-0.25, -0.2) is 5.43 Å². The fourth-order valence-electron chi connectivity index (χ4n) is 2.33. The van der Waals surface area contributed by atoms with E-state index in [2.05, 4.69) is 33.0 Å². The molecule has 0 aliphatic heterocycles. The Morgan fingerprint density at radius 2 is 1.92 bits per heavy atom. The predicted molar refractivity (Wildman–Crippen MR) is 105 cm³/mol. The van der Waals surface area contributed by atoms with Crippen LogP contribution in [0.5, 0.6) is 0 Å². The zero-order valence-electron chi connectivity index (χ0n) is 13.4. The minimum Gasteiger partial charge on any atom is -0.311 e. The average molecular weight is 414 g/mol. The molecule has 2 aromatic carbocycles. The van der Waals surface area contributed by atoms with Crippen LogP contribution in [-0.2, 0) is 6.54 Å². The minimum absolute atomic E-state index is 0.232. The number of carbonyl (C=O) groups excluding carboxylic acids is 1. The highest BCUT2D eigenvalue weighted by molar-refractivity contribution is 9.10. The summed E-state index contributed by atoms with van der Waals surface area (Å²) in [7, 11) is 0. The van der Waals surface area contributed by atoms with Gasteiger partial charge in [0.15, 0.2) is 0 Å². The molecule has 0 radical (unpaired) electrons. The van der Waals surface area contributed by atoms with E-state index >= 15 is 0 Å². The molecule has 3 aromatic rings. The van der Waals surface area contributed by atoms with Gasteiger partial charge in [-0.1, -0.05) is 52.3 Å². The zero-order valence-corrected chi connectivity index (χ0v) is 15.8. The lowest BCUT2D eigenvalue weighted by Crippen LogP contribution is -2.24. The van der Waals surface area contributed by atoms with Gasteiger partial charge in [0.1, 0.15) is 0 Å². The topological polar surface area (TPSA) is 46.4 Å². The second-order valence-electron chi connectivity index (χ2n) is 5.23. The van der Waals surface area contributed by atoms with Crippen molar-refractivity contribution in [3.63, 3.8) is 0 Å². The number of nitrogens with one attached hydrogen (secondary N) is 1. The summed E-state index contributed by atoms with van der Waals surface area (Å²) in [6.07, 6.45) is 1.81. The number of nitrogens with zero attached hydrogens (tertiary/aromatic N) is 2. The van der Waals surface area contributed by atoms with Gasteiger partial charge in [-0.15, -0.1) is 23.0 Å². The first-order valence-electron chi connectivity index (χ1n) is 7.63. The van der Waals surface area contributed by atoms with Crippen LogP contribution in [-0.4, -0.2) is 10.5 Å². The van der Waals surface area contributed by atoms with Crippen molar-refractivity contribution < 1.29 is 4.79 Å². The number of aromatic nitrogens is 1. The molecule has 0 fully saturated rings. The Morgan fingerprint density at radius 3 is 2.60 bits per heavy atom. The van der Waals surface area contributed by atoms with Crippen molar-refractivity contribution >= 4 is 33.2 Å². The van der Waals surface area contributed by atoms with E-state index in [1.54, 1.807) is 12.1 Å². The smallest absolute Gasteiger partial charge is 0.271 e. The number of benzene rings is 2. The van der Waals surface area contributed by atoms with E-state index in [1.807, 2.05) is 58.5 Å². The second-order valence-corrected chi connectivity index (χ2v) is 6.98. The zero-order chi connectivity index (χ0) is 17.6. The molecule has 1 heterocycles. The van der Waals surface area contributed by atoms with E-state index < -0.39 is 0 Å². The van der Waals surface area contributed by atoms with E-state index in [4.69, 9.17) is 0 Å². The highest BCUT2D eigenvalue weighted by atomic mass is 79.9. The lowest BCUT2D eigenvalue weighted by Gasteiger charge is -2.07. The molecule has 1 aromatic heterocycles. The highest BCUT2D eigenvalue weighted by Gasteiger charge is 2.08. The van der Waals surface area contributed by atoms with Crippen LogP contribution in [0.4, 0.5) is 0 Å².